The maximum Gasteiger partial charge on any atom is 0.307 e. The van der Waals surface area contributed by atoms with Gasteiger partial charge in [-0.05, 0) is 12.5 Å². The van der Waals surface area contributed by atoms with E-state index >= 15 is 0 Å². The Bertz CT molecular complexity index is 247. The van der Waals surface area contributed by atoms with Crippen LogP contribution in [0.1, 0.15) is 20.3 Å². The molecule has 1 saturated heterocycles. The van der Waals surface area contributed by atoms with E-state index in [-0.39, 0.29) is 23.8 Å². The van der Waals surface area contributed by atoms with Gasteiger partial charge in [-0.3, -0.25) is 9.59 Å². The minimum Gasteiger partial charge on any atom is -0.435 e. The first-order valence-electron chi connectivity index (χ1n) is 4.29. The molecule has 0 spiro atoms. The molecule has 0 bridgehead atoms. The average Bonchev–Trinajstić information content (AvgIpc) is 2.02. The summed E-state index contributed by atoms with van der Waals surface area (Å²) in [6.45, 7) is 3.29. The first-order chi connectivity index (χ1) is 6.15. The van der Waals surface area contributed by atoms with Gasteiger partial charge in [-0.1, -0.05) is 6.92 Å². The summed E-state index contributed by atoms with van der Waals surface area (Å²) in [5, 5.41) is 2.70. The van der Waals surface area contributed by atoms with Gasteiger partial charge in [0.15, 0.2) is 0 Å². The molecule has 1 aliphatic rings. The predicted molar refractivity (Wildman–Crippen MR) is 46.6 cm³/mol. The highest BCUT2D eigenvalue weighted by atomic mass is 16.5. The van der Waals surface area contributed by atoms with Crippen LogP contribution in [0.2, 0.25) is 0 Å². The molecule has 0 aromatic carbocycles. The van der Waals surface area contributed by atoms with Crippen LogP contribution in [-0.4, -0.2) is 17.9 Å². The highest BCUT2D eigenvalue weighted by molar-refractivity contribution is 5.86. The molecule has 2 unspecified atom stereocenters. The fraction of sp³-hybridized carbons (Fsp3) is 0.556. The number of hydrogen-bond donors (Lipinski definition) is 1. The fourth-order valence-electron chi connectivity index (χ4n) is 1.28. The lowest BCUT2D eigenvalue weighted by atomic mass is 9.88. The van der Waals surface area contributed by atoms with Crippen molar-refractivity contribution in [2.45, 2.75) is 26.3 Å². The number of ether oxygens (including phenoxy) is 1. The van der Waals surface area contributed by atoms with Gasteiger partial charge in [0.2, 0.25) is 5.91 Å². The molecule has 1 amide bonds. The lowest BCUT2D eigenvalue weighted by Gasteiger charge is -2.33. The number of carbonyl (C=O) groups excluding carboxylic acids is 2. The Morgan fingerprint density at radius 3 is 2.85 bits per heavy atom. The summed E-state index contributed by atoms with van der Waals surface area (Å²) >= 11 is 0. The predicted octanol–water partition coefficient (Wildman–Crippen LogP) is 0.588. The Morgan fingerprint density at radius 1 is 1.69 bits per heavy atom. The van der Waals surface area contributed by atoms with Crippen LogP contribution in [0.4, 0.5) is 0 Å². The van der Waals surface area contributed by atoms with Crippen molar-refractivity contribution >= 4 is 11.9 Å². The lowest BCUT2D eigenvalue weighted by Crippen LogP contribution is -2.56. The van der Waals surface area contributed by atoms with Crippen LogP contribution in [0, 0.1) is 5.92 Å². The summed E-state index contributed by atoms with van der Waals surface area (Å²) in [5.41, 5.74) is 0. The number of carbonyl (C=O) groups is 2. The second kappa shape index (κ2) is 4.07. The van der Waals surface area contributed by atoms with Crippen LogP contribution in [0.15, 0.2) is 12.3 Å². The molecule has 0 aliphatic carbocycles. The number of esters is 1. The van der Waals surface area contributed by atoms with E-state index in [9.17, 15) is 9.59 Å². The lowest BCUT2D eigenvalue weighted by molar-refractivity contribution is -0.135. The molecule has 0 aromatic rings. The van der Waals surface area contributed by atoms with Crippen LogP contribution in [0.3, 0.4) is 0 Å². The molecule has 2 atom stereocenters. The summed E-state index contributed by atoms with van der Waals surface area (Å²) < 4.78 is 4.61. The van der Waals surface area contributed by atoms with E-state index in [2.05, 4.69) is 10.1 Å². The van der Waals surface area contributed by atoms with Crippen molar-refractivity contribution in [3.05, 3.63) is 12.3 Å². The molecule has 1 N–H and O–H groups in total. The first-order valence-corrected chi connectivity index (χ1v) is 4.29. The van der Waals surface area contributed by atoms with Gasteiger partial charge in [0.05, 0.1) is 18.2 Å². The van der Waals surface area contributed by atoms with Crippen LogP contribution in [0.25, 0.3) is 0 Å². The second-order valence-electron chi connectivity index (χ2n) is 2.99. The molecule has 1 rings (SSSR count). The third kappa shape index (κ3) is 2.31. The van der Waals surface area contributed by atoms with Crippen molar-refractivity contribution < 1.29 is 14.3 Å². The number of rotatable bonds is 3. The molecular formula is C9H13NO3. The van der Waals surface area contributed by atoms with Gasteiger partial charge in [0, 0.05) is 6.92 Å². The largest absolute Gasteiger partial charge is 0.435 e. The number of hydrogen-bond acceptors (Lipinski definition) is 3. The molecule has 0 aromatic heterocycles. The Balaban J connectivity index is 2.34. The monoisotopic (exact) mass is 183 g/mol. The van der Waals surface area contributed by atoms with Gasteiger partial charge in [0.25, 0.3) is 0 Å². The molecule has 72 valence electrons. The molecule has 0 radical (unpaired) electrons. The maximum absolute atomic E-state index is 10.9. The zero-order valence-electron chi connectivity index (χ0n) is 7.74. The highest BCUT2D eigenvalue weighted by Crippen LogP contribution is 2.19. The SMILES string of the molecule is CCC1C(=O)NC1/C=C\OC(C)=O. The molecule has 4 nitrogen and oxygen atoms in total. The zero-order valence-corrected chi connectivity index (χ0v) is 7.74. The van der Waals surface area contributed by atoms with Crippen LogP contribution in [-0.2, 0) is 14.3 Å². The quantitative estimate of drug-likeness (QED) is 0.396. The summed E-state index contributed by atoms with van der Waals surface area (Å²) in [5.74, 6) is -0.248. The molecule has 13 heavy (non-hydrogen) atoms. The van der Waals surface area contributed by atoms with Gasteiger partial charge in [-0.2, -0.15) is 0 Å². The molecule has 1 fully saturated rings. The fourth-order valence-corrected chi connectivity index (χ4v) is 1.28. The van der Waals surface area contributed by atoms with E-state index in [1.807, 2.05) is 6.92 Å². The minimum absolute atomic E-state index is 0.0249. The third-order valence-corrected chi connectivity index (χ3v) is 2.04. The van der Waals surface area contributed by atoms with E-state index in [4.69, 9.17) is 0 Å². The Kier molecular flexibility index (Phi) is 3.06. The Hall–Kier alpha value is -1.32. The number of amides is 1. The highest BCUT2D eigenvalue weighted by Gasteiger charge is 2.35. The molecule has 4 heteroatoms. The smallest absolute Gasteiger partial charge is 0.307 e. The molecule has 1 aliphatic heterocycles. The van der Waals surface area contributed by atoms with Crippen molar-refractivity contribution in [1.82, 2.24) is 5.32 Å². The summed E-state index contributed by atoms with van der Waals surface area (Å²) in [6, 6.07) is 0.0249. The minimum atomic E-state index is -0.352. The van der Waals surface area contributed by atoms with E-state index in [1.54, 1.807) is 6.08 Å². The zero-order chi connectivity index (χ0) is 9.84. The summed E-state index contributed by atoms with van der Waals surface area (Å²) in [7, 11) is 0. The summed E-state index contributed by atoms with van der Waals surface area (Å²) in [4.78, 5) is 21.3. The first kappa shape index (κ1) is 9.77. The van der Waals surface area contributed by atoms with Crippen molar-refractivity contribution in [2.24, 2.45) is 5.92 Å². The molecule has 1 heterocycles. The van der Waals surface area contributed by atoms with Crippen LogP contribution in [0.5, 0.6) is 0 Å². The third-order valence-electron chi connectivity index (χ3n) is 2.04. The molecular weight excluding hydrogens is 170 g/mol. The summed E-state index contributed by atoms with van der Waals surface area (Å²) in [6.07, 6.45) is 3.83. The Morgan fingerprint density at radius 2 is 2.38 bits per heavy atom. The topological polar surface area (TPSA) is 55.4 Å². The Labute approximate surface area is 76.9 Å². The molecule has 0 saturated carbocycles. The van der Waals surface area contributed by atoms with Crippen molar-refractivity contribution in [2.75, 3.05) is 0 Å². The van der Waals surface area contributed by atoms with Crippen molar-refractivity contribution in [1.29, 1.82) is 0 Å². The van der Waals surface area contributed by atoms with Gasteiger partial charge in [-0.25, -0.2) is 0 Å². The standard InChI is InChI=1S/C9H13NO3/c1-3-7-8(10-9(7)12)4-5-13-6(2)11/h4-5,7-8H,3H2,1-2H3,(H,10,12)/b5-4-. The van der Waals surface area contributed by atoms with Gasteiger partial charge in [0.1, 0.15) is 0 Å². The van der Waals surface area contributed by atoms with E-state index in [0.29, 0.717) is 0 Å². The number of β-lactam (4-membered cyclic amide) rings is 1. The van der Waals surface area contributed by atoms with Crippen LogP contribution >= 0.6 is 0 Å². The second-order valence-corrected chi connectivity index (χ2v) is 2.99. The number of nitrogens with one attached hydrogen (secondary N) is 1. The van der Waals surface area contributed by atoms with Gasteiger partial charge in [-0.15, -0.1) is 0 Å². The van der Waals surface area contributed by atoms with Crippen molar-refractivity contribution in [3.8, 4) is 0 Å². The van der Waals surface area contributed by atoms with E-state index < -0.39 is 0 Å². The van der Waals surface area contributed by atoms with Crippen LogP contribution < -0.4 is 5.32 Å². The van der Waals surface area contributed by atoms with Gasteiger partial charge < -0.3 is 10.1 Å². The van der Waals surface area contributed by atoms with Gasteiger partial charge >= 0.3 is 5.97 Å². The maximum atomic E-state index is 10.9. The average molecular weight is 183 g/mol. The van der Waals surface area contributed by atoms with Crippen molar-refractivity contribution in [3.63, 3.8) is 0 Å². The van der Waals surface area contributed by atoms with E-state index in [1.165, 1.54) is 13.2 Å². The van der Waals surface area contributed by atoms with E-state index in [0.717, 1.165) is 6.42 Å². The normalized spacial score (nSPS) is 26.8.